The molecule has 1 saturated heterocycles. The minimum absolute atomic E-state index is 0.0194. The molecule has 114 valence electrons. The summed E-state index contributed by atoms with van der Waals surface area (Å²) in [6.45, 7) is 2.49. The van der Waals surface area contributed by atoms with E-state index in [1.807, 2.05) is 0 Å². The fourth-order valence-electron chi connectivity index (χ4n) is 2.52. The molecule has 0 radical (unpaired) electrons. The van der Waals surface area contributed by atoms with Gasteiger partial charge in [0.15, 0.2) is 11.6 Å². The number of ether oxygens (including phenoxy) is 1. The molecule has 1 aromatic rings. The summed E-state index contributed by atoms with van der Waals surface area (Å²) < 4.78 is 30.7. The third kappa shape index (κ3) is 3.20. The van der Waals surface area contributed by atoms with Crippen molar-refractivity contribution in [3.63, 3.8) is 0 Å². The fourth-order valence-corrected chi connectivity index (χ4v) is 2.52. The van der Waals surface area contributed by atoms with Crippen molar-refractivity contribution in [2.75, 3.05) is 20.2 Å². The highest BCUT2D eigenvalue weighted by atomic mass is 19.2. The topological polar surface area (TPSA) is 46.6 Å². The number of rotatable bonds is 3. The molecule has 0 spiro atoms. The van der Waals surface area contributed by atoms with Gasteiger partial charge in [0, 0.05) is 13.1 Å². The zero-order valence-corrected chi connectivity index (χ0v) is 12.0. The second kappa shape index (κ2) is 5.79. The van der Waals surface area contributed by atoms with E-state index in [1.165, 1.54) is 13.2 Å². The van der Waals surface area contributed by atoms with Crippen molar-refractivity contribution < 1.29 is 23.1 Å². The summed E-state index contributed by atoms with van der Waals surface area (Å²) in [5.41, 5.74) is -0.288. The maximum absolute atomic E-state index is 13.1. The van der Waals surface area contributed by atoms with Gasteiger partial charge in [-0.3, -0.25) is 9.59 Å². The molecule has 1 fully saturated rings. The molecule has 1 aromatic carbocycles. The van der Waals surface area contributed by atoms with E-state index in [2.05, 4.69) is 0 Å². The summed E-state index contributed by atoms with van der Waals surface area (Å²) in [5, 5.41) is 0. The molecule has 0 saturated carbocycles. The zero-order chi connectivity index (χ0) is 15.6. The average molecular weight is 297 g/mol. The van der Waals surface area contributed by atoms with Crippen molar-refractivity contribution in [2.24, 2.45) is 5.41 Å². The summed E-state index contributed by atoms with van der Waals surface area (Å²) in [5.74, 6) is -2.47. The first-order valence-corrected chi connectivity index (χ1v) is 6.66. The first-order chi connectivity index (χ1) is 9.85. The van der Waals surface area contributed by atoms with Crippen molar-refractivity contribution in [1.29, 1.82) is 0 Å². The van der Waals surface area contributed by atoms with Gasteiger partial charge in [0.2, 0.25) is 5.91 Å². The molecular formula is C15H17F2NO3. The van der Waals surface area contributed by atoms with Gasteiger partial charge in [0.1, 0.15) is 0 Å². The molecule has 1 aliphatic heterocycles. The minimum Gasteiger partial charge on any atom is -0.469 e. The van der Waals surface area contributed by atoms with E-state index in [1.54, 1.807) is 11.8 Å². The highest BCUT2D eigenvalue weighted by Crippen LogP contribution is 2.31. The maximum atomic E-state index is 13.1. The fraction of sp³-hybridized carbons (Fsp3) is 0.467. The van der Waals surface area contributed by atoms with E-state index >= 15 is 0 Å². The molecule has 0 N–H and O–H groups in total. The van der Waals surface area contributed by atoms with Gasteiger partial charge in [-0.15, -0.1) is 0 Å². The van der Waals surface area contributed by atoms with Crippen molar-refractivity contribution in [3.8, 4) is 0 Å². The molecule has 0 bridgehead atoms. The number of nitrogens with zero attached hydrogens (tertiary/aromatic N) is 1. The Morgan fingerprint density at radius 3 is 2.67 bits per heavy atom. The number of hydrogen-bond acceptors (Lipinski definition) is 3. The van der Waals surface area contributed by atoms with Crippen molar-refractivity contribution in [3.05, 3.63) is 35.4 Å². The largest absolute Gasteiger partial charge is 0.469 e. The van der Waals surface area contributed by atoms with Crippen molar-refractivity contribution >= 4 is 11.9 Å². The molecule has 1 aliphatic rings. The predicted molar refractivity (Wildman–Crippen MR) is 71.4 cm³/mol. The summed E-state index contributed by atoms with van der Waals surface area (Å²) in [6, 6.07) is 3.40. The first kappa shape index (κ1) is 15.4. The average Bonchev–Trinajstić information content (AvgIpc) is 2.86. The van der Waals surface area contributed by atoms with Crippen LogP contribution in [0.25, 0.3) is 0 Å². The van der Waals surface area contributed by atoms with Gasteiger partial charge in [0.05, 0.1) is 18.9 Å². The second-order valence-electron chi connectivity index (χ2n) is 5.54. The predicted octanol–water partition coefficient (Wildman–Crippen LogP) is 1.92. The lowest BCUT2D eigenvalue weighted by molar-refractivity contribution is -0.151. The smallest absolute Gasteiger partial charge is 0.313 e. The van der Waals surface area contributed by atoms with E-state index in [4.69, 9.17) is 4.74 Å². The van der Waals surface area contributed by atoms with Crippen molar-refractivity contribution in [1.82, 2.24) is 4.90 Å². The molecule has 0 aromatic heterocycles. The summed E-state index contributed by atoms with van der Waals surface area (Å²) in [7, 11) is 1.32. The Hall–Kier alpha value is -1.98. The van der Waals surface area contributed by atoms with Crippen LogP contribution in [0.5, 0.6) is 0 Å². The number of benzene rings is 1. The third-order valence-corrected chi connectivity index (χ3v) is 3.84. The van der Waals surface area contributed by atoms with Crippen LogP contribution >= 0.6 is 0 Å². The van der Waals surface area contributed by atoms with Crippen LogP contribution in [0.2, 0.25) is 0 Å². The Kier molecular flexibility index (Phi) is 4.25. The second-order valence-corrected chi connectivity index (χ2v) is 5.54. The van der Waals surface area contributed by atoms with E-state index in [0.29, 0.717) is 18.5 Å². The zero-order valence-electron chi connectivity index (χ0n) is 12.0. The molecule has 1 heterocycles. The standard InChI is InChI=1S/C15H17F2NO3/c1-15(14(20)21-2)5-6-18(9-15)13(19)8-10-3-4-11(16)12(17)7-10/h3-4,7H,5-6,8-9H2,1-2H3/t15-/m1/s1. The van der Waals surface area contributed by atoms with Crippen LogP contribution in [-0.4, -0.2) is 37.0 Å². The lowest BCUT2D eigenvalue weighted by Gasteiger charge is -2.21. The number of carbonyl (C=O) groups is 2. The van der Waals surface area contributed by atoms with Gasteiger partial charge in [-0.25, -0.2) is 8.78 Å². The third-order valence-electron chi connectivity index (χ3n) is 3.84. The Morgan fingerprint density at radius 1 is 1.33 bits per heavy atom. The lowest BCUT2D eigenvalue weighted by atomic mass is 9.90. The Morgan fingerprint density at radius 2 is 2.05 bits per heavy atom. The van der Waals surface area contributed by atoms with Gasteiger partial charge >= 0.3 is 5.97 Å². The van der Waals surface area contributed by atoms with E-state index in [9.17, 15) is 18.4 Å². The number of hydrogen-bond donors (Lipinski definition) is 0. The molecule has 0 unspecified atom stereocenters. The number of carbonyl (C=O) groups excluding carboxylic acids is 2. The SMILES string of the molecule is COC(=O)[C@]1(C)CCN(C(=O)Cc2ccc(F)c(F)c2)C1. The molecule has 21 heavy (non-hydrogen) atoms. The van der Waals surface area contributed by atoms with Gasteiger partial charge in [0.25, 0.3) is 0 Å². The van der Waals surface area contributed by atoms with Gasteiger partial charge in [-0.2, -0.15) is 0 Å². The minimum atomic E-state index is -0.971. The number of esters is 1. The Balaban J connectivity index is 2.02. The molecule has 0 aliphatic carbocycles. The number of halogens is 2. The first-order valence-electron chi connectivity index (χ1n) is 6.66. The van der Waals surface area contributed by atoms with Crippen LogP contribution in [0.15, 0.2) is 18.2 Å². The van der Waals surface area contributed by atoms with Crippen LogP contribution in [0.1, 0.15) is 18.9 Å². The highest BCUT2D eigenvalue weighted by Gasteiger charge is 2.42. The van der Waals surface area contributed by atoms with E-state index < -0.39 is 17.0 Å². The van der Waals surface area contributed by atoms with Gasteiger partial charge in [-0.05, 0) is 31.0 Å². The van der Waals surface area contributed by atoms with Crippen LogP contribution in [0.4, 0.5) is 8.78 Å². The molecule has 1 amide bonds. The van der Waals surface area contributed by atoms with Crippen LogP contribution < -0.4 is 0 Å². The van der Waals surface area contributed by atoms with Crippen LogP contribution in [-0.2, 0) is 20.7 Å². The van der Waals surface area contributed by atoms with E-state index in [-0.39, 0.29) is 24.8 Å². The Labute approximate surface area is 121 Å². The number of likely N-dealkylation sites (tertiary alicyclic amines) is 1. The van der Waals surface area contributed by atoms with Crippen LogP contribution in [0.3, 0.4) is 0 Å². The molecule has 4 nitrogen and oxygen atoms in total. The summed E-state index contributed by atoms with van der Waals surface area (Å²) >= 11 is 0. The molecule has 2 rings (SSSR count). The summed E-state index contributed by atoms with van der Waals surface area (Å²) in [6.07, 6.45) is 0.512. The number of methoxy groups -OCH3 is 1. The molecule has 1 atom stereocenters. The monoisotopic (exact) mass is 297 g/mol. The van der Waals surface area contributed by atoms with Gasteiger partial charge < -0.3 is 9.64 Å². The highest BCUT2D eigenvalue weighted by molar-refractivity contribution is 5.82. The van der Waals surface area contributed by atoms with Crippen molar-refractivity contribution in [2.45, 2.75) is 19.8 Å². The lowest BCUT2D eigenvalue weighted by Crippen LogP contribution is -2.36. The maximum Gasteiger partial charge on any atom is 0.313 e. The number of amides is 1. The Bertz CT molecular complexity index is 576. The normalized spacial score (nSPS) is 21.4. The van der Waals surface area contributed by atoms with Gasteiger partial charge in [-0.1, -0.05) is 6.07 Å². The quantitative estimate of drug-likeness (QED) is 0.801. The van der Waals surface area contributed by atoms with E-state index in [0.717, 1.165) is 12.1 Å². The molecular weight excluding hydrogens is 280 g/mol. The molecule has 6 heteroatoms. The summed E-state index contributed by atoms with van der Waals surface area (Å²) in [4.78, 5) is 25.4. The van der Waals surface area contributed by atoms with Crippen LogP contribution in [0, 0.1) is 17.0 Å².